The van der Waals surface area contributed by atoms with E-state index in [1.165, 1.54) is 32.1 Å². The second-order valence-corrected chi connectivity index (χ2v) is 15.0. The van der Waals surface area contributed by atoms with E-state index in [0.717, 1.165) is 74.5 Å². The Labute approximate surface area is 338 Å². The second kappa shape index (κ2) is 18.7. The maximum Gasteiger partial charge on any atom is 0.142 e. The molecule has 2 N–H and O–H groups in total. The molecule has 0 radical (unpaired) electrons. The van der Waals surface area contributed by atoms with E-state index in [0.29, 0.717) is 59.8 Å². The van der Waals surface area contributed by atoms with Crippen molar-refractivity contribution in [2.75, 3.05) is 32.8 Å². The van der Waals surface area contributed by atoms with E-state index in [2.05, 4.69) is 81.5 Å². The summed E-state index contributed by atoms with van der Waals surface area (Å²) in [4.78, 5) is 14.7. The molecule has 0 unspecified atom stereocenters. The first-order valence-corrected chi connectivity index (χ1v) is 19.9. The highest BCUT2D eigenvalue weighted by Crippen LogP contribution is 2.36. The number of rotatable bonds is 17. The molecule has 6 aromatic rings. The van der Waals surface area contributed by atoms with Crippen LogP contribution < -0.4 is 19.5 Å². The van der Waals surface area contributed by atoms with Gasteiger partial charge in [-0.1, -0.05) is 53.5 Å². The maximum atomic E-state index is 9.38. The summed E-state index contributed by atoms with van der Waals surface area (Å²) in [6.07, 6.45) is 7.55. The van der Waals surface area contributed by atoms with Crippen LogP contribution in [0, 0.1) is 25.2 Å². The standard InChI is InChI=1S/C45H46Cl2N6O3/c1-30-34(8-5-9-37(30)38-10-6-11-42(31(38)2)54-19-7-18-53-16-3-4-17-53)29-56-44-23-43(55-28-33-20-32(24-48)25-50-26-33)35(21-39(44)47)27-49-15-14-45-51-40-13-12-36(46)22-41(40)52-45/h5-6,8-13,20-23,25-26,49H,3-4,7,14-19,27-29H2,1-2H3,(H,51,52). The number of nitriles is 1. The molecule has 1 fully saturated rings. The Balaban J connectivity index is 1.04. The zero-order valence-corrected chi connectivity index (χ0v) is 33.3. The van der Waals surface area contributed by atoms with Crippen LogP contribution in [0.4, 0.5) is 0 Å². The number of hydrogen-bond acceptors (Lipinski definition) is 8. The summed E-state index contributed by atoms with van der Waals surface area (Å²) >= 11 is 13.0. The van der Waals surface area contributed by atoms with Gasteiger partial charge in [-0.25, -0.2) is 4.98 Å². The highest BCUT2D eigenvalue weighted by atomic mass is 35.5. The number of pyridine rings is 1. The van der Waals surface area contributed by atoms with E-state index < -0.39 is 0 Å². The zero-order valence-electron chi connectivity index (χ0n) is 31.8. The molecule has 0 bridgehead atoms. The highest BCUT2D eigenvalue weighted by molar-refractivity contribution is 6.32. The molecule has 0 amide bonds. The van der Waals surface area contributed by atoms with Gasteiger partial charge in [0.1, 0.15) is 42.4 Å². The van der Waals surface area contributed by atoms with Gasteiger partial charge in [-0.3, -0.25) is 4.98 Å². The van der Waals surface area contributed by atoms with E-state index >= 15 is 0 Å². The summed E-state index contributed by atoms with van der Waals surface area (Å²) in [7, 11) is 0. The number of aromatic amines is 1. The van der Waals surface area contributed by atoms with Crippen molar-refractivity contribution in [3.05, 3.63) is 134 Å². The molecule has 56 heavy (non-hydrogen) atoms. The summed E-state index contributed by atoms with van der Waals surface area (Å²) in [5.41, 5.74) is 9.52. The van der Waals surface area contributed by atoms with E-state index in [9.17, 15) is 5.26 Å². The van der Waals surface area contributed by atoms with Crippen molar-refractivity contribution in [1.29, 1.82) is 5.26 Å². The topological polar surface area (TPSA) is 108 Å². The number of nitrogens with one attached hydrogen (secondary N) is 2. The summed E-state index contributed by atoms with van der Waals surface area (Å²) in [6.45, 7) is 10.2. The van der Waals surface area contributed by atoms with Crippen LogP contribution in [0.5, 0.6) is 17.2 Å². The van der Waals surface area contributed by atoms with E-state index in [4.69, 9.17) is 37.4 Å². The van der Waals surface area contributed by atoms with Gasteiger partial charge >= 0.3 is 0 Å². The maximum absolute atomic E-state index is 9.38. The van der Waals surface area contributed by atoms with Gasteiger partial charge in [0, 0.05) is 60.7 Å². The zero-order chi connectivity index (χ0) is 38.9. The number of likely N-dealkylation sites (tertiary alicyclic amines) is 1. The quantitative estimate of drug-likeness (QED) is 0.0880. The number of imidazole rings is 1. The van der Waals surface area contributed by atoms with E-state index in [1.54, 1.807) is 12.3 Å². The van der Waals surface area contributed by atoms with Crippen molar-refractivity contribution in [2.24, 2.45) is 0 Å². The van der Waals surface area contributed by atoms with Gasteiger partial charge in [-0.05, 0) is 110 Å². The average Bonchev–Trinajstić information content (AvgIpc) is 3.88. The highest BCUT2D eigenvalue weighted by Gasteiger charge is 2.16. The van der Waals surface area contributed by atoms with Crippen molar-refractivity contribution >= 4 is 34.2 Å². The Kier molecular flexibility index (Phi) is 13.1. The van der Waals surface area contributed by atoms with Crippen LogP contribution in [0.25, 0.3) is 22.2 Å². The Hall–Kier alpha value is -5.11. The van der Waals surface area contributed by atoms with Crippen LogP contribution in [0.3, 0.4) is 0 Å². The molecule has 2 aromatic heterocycles. The van der Waals surface area contributed by atoms with Crippen LogP contribution in [0.1, 0.15) is 58.5 Å². The molecule has 0 aliphatic carbocycles. The van der Waals surface area contributed by atoms with Gasteiger partial charge in [0.15, 0.2) is 0 Å². The molecule has 288 valence electrons. The molecule has 0 saturated carbocycles. The first-order valence-electron chi connectivity index (χ1n) is 19.1. The number of fused-ring (bicyclic) bond motifs is 1. The fraction of sp³-hybridized carbons (Fsp3) is 0.311. The third-order valence-corrected chi connectivity index (χ3v) is 10.8. The van der Waals surface area contributed by atoms with E-state index in [-0.39, 0.29) is 6.61 Å². The lowest BCUT2D eigenvalue weighted by atomic mass is 9.93. The fourth-order valence-electron chi connectivity index (χ4n) is 7.16. The number of aromatic nitrogens is 3. The predicted octanol–water partition coefficient (Wildman–Crippen LogP) is 9.78. The lowest BCUT2D eigenvalue weighted by molar-refractivity contribution is 0.262. The number of benzene rings is 4. The molecule has 0 atom stereocenters. The molecule has 1 aliphatic rings. The van der Waals surface area contributed by atoms with Gasteiger partial charge in [-0.15, -0.1) is 0 Å². The van der Waals surface area contributed by atoms with Crippen LogP contribution in [-0.2, 0) is 26.2 Å². The van der Waals surface area contributed by atoms with Crippen LogP contribution in [0.15, 0.2) is 85.2 Å². The molecule has 11 heteroatoms. The fourth-order valence-corrected chi connectivity index (χ4v) is 7.57. The summed E-state index contributed by atoms with van der Waals surface area (Å²) < 4.78 is 19.1. The smallest absolute Gasteiger partial charge is 0.142 e. The molecular formula is C45H46Cl2N6O3. The number of ether oxygens (including phenoxy) is 3. The molecular weight excluding hydrogens is 743 g/mol. The van der Waals surface area contributed by atoms with Gasteiger partial charge in [0.25, 0.3) is 0 Å². The predicted molar refractivity (Wildman–Crippen MR) is 223 cm³/mol. The molecule has 7 rings (SSSR count). The average molecular weight is 790 g/mol. The minimum atomic E-state index is 0.222. The van der Waals surface area contributed by atoms with Crippen LogP contribution >= 0.6 is 23.2 Å². The third-order valence-electron chi connectivity index (χ3n) is 10.3. The molecule has 4 aromatic carbocycles. The largest absolute Gasteiger partial charge is 0.493 e. The van der Waals surface area contributed by atoms with Gasteiger partial charge in [0.05, 0.1) is 28.2 Å². The Morgan fingerprint density at radius 1 is 0.839 bits per heavy atom. The molecule has 3 heterocycles. The number of H-pyrrole nitrogens is 1. The second-order valence-electron chi connectivity index (χ2n) is 14.2. The monoisotopic (exact) mass is 788 g/mol. The molecule has 1 saturated heterocycles. The lowest BCUT2D eigenvalue weighted by Crippen LogP contribution is -2.22. The Morgan fingerprint density at radius 2 is 1.64 bits per heavy atom. The van der Waals surface area contributed by atoms with Crippen LogP contribution in [0.2, 0.25) is 10.0 Å². The number of nitrogens with zero attached hydrogens (tertiary/aromatic N) is 4. The summed E-state index contributed by atoms with van der Waals surface area (Å²) in [6, 6.07) is 25.9. The third kappa shape index (κ3) is 9.81. The first kappa shape index (κ1) is 39.1. The molecule has 9 nitrogen and oxygen atoms in total. The Bertz CT molecular complexity index is 2330. The van der Waals surface area contributed by atoms with Crippen molar-refractivity contribution in [3.8, 4) is 34.4 Å². The van der Waals surface area contributed by atoms with Crippen molar-refractivity contribution in [3.63, 3.8) is 0 Å². The summed E-state index contributed by atoms with van der Waals surface area (Å²) in [5, 5.41) is 14.0. The van der Waals surface area contributed by atoms with Crippen molar-refractivity contribution in [1.82, 2.24) is 25.2 Å². The molecule has 1 aliphatic heterocycles. The van der Waals surface area contributed by atoms with Gasteiger partial charge in [0.2, 0.25) is 0 Å². The van der Waals surface area contributed by atoms with Crippen molar-refractivity contribution in [2.45, 2.75) is 59.3 Å². The number of halogens is 2. The normalized spacial score (nSPS) is 12.9. The first-order chi connectivity index (χ1) is 27.3. The Morgan fingerprint density at radius 3 is 2.48 bits per heavy atom. The van der Waals surface area contributed by atoms with Gasteiger partial charge in [-0.2, -0.15) is 5.26 Å². The van der Waals surface area contributed by atoms with Gasteiger partial charge < -0.3 is 29.4 Å². The van der Waals surface area contributed by atoms with E-state index in [1.807, 2.05) is 30.3 Å². The summed E-state index contributed by atoms with van der Waals surface area (Å²) in [5.74, 6) is 2.93. The SMILES string of the molecule is Cc1c(COc2cc(OCc3cncc(C#N)c3)c(CNCCc3nc4ccc(Cl)cc4[nH]3)cc2Cl)cccc1-c1cccc(OCCCN2CCCC2)c1C. The number of hydrogen-bond donors (Lipinski definition) is 2. The van der Waals surface area contributed by atoms with Crippen LogP contribution in [-0.4, -0.2) is 52.6 Å². The lowest BCUT2D eigenvalue weighted by Gasteiger charge is -2.19. The molecule has 0 spiro atoms. The minimum Gasteiger partial charge on any atom is -0.493 e. The van der Waals surface area contributed by atoms with Crippen molar-refractivity contribution < 1.29 is 14.2 Å². The minimum absolute atomic E-state index is 0.222.